The Morgan fingerprint density at radius 1 is 1.31 bits per heavy atom. The Kier molecular flexibility index (Phi) is 4.73. The van der Waals surface area contributed by atoms with Crippen molar-refractivity contribution in [2.24, 2.45) is 11.0 Å². The van der Waals surface area contributed by atoms with Gasteiger partial charge in [-0.3, -0.25) is 4.79 Å². The maximum absolute atomic E-state index is 12.6. The van der Waals surface area contributed by atoms with Crippen LogP contribution in [0.5, 0.6) is 5.75 Å². The molecule has 2 aromatic rings. The lowest BCUT2D eigenvalue weighted by atomic mass is 9.77. The molecule has 1 aliphatic heterocycles. The number of hydrogen-bond acceptors (Lipinski definition) is 3. The van der Waals surface area contributed by atoms with Crippen molar-refractivity contribution in [3.63, 3.8) is 0 Å². The third-order valence-electron chi connectivity index (χ3n) is 5.27. The summed E-state index contributed by atoms with van der Waals surface area (Å²) >= 11 is 2.33. The number of hydrogen-bond donors (Lipinski definition) is 0. The molecule has 5 heteroatoms. The van der Waals surface area contributed by atoms with Crippen LogP contribution in [0, 0.1) is 9.49 Å². The molecule has 0 spiro atoms. The molecular formula is C21H21IN2O2. The zero-order valence-electron chi connectivity index (χ0n) is 14.9. The lowest BCUT2D eigenvalue weighted by Gasteiger charge is -2.29. The molecule has 134 valence electrons. The first kappa shape index (κ1) is 17.5. The van der Waals surface area contributed by atoms with Crippen LogP contribution in [0.3, 0.4) is 0 Å². The van der Waals surface area contributed by atoms with Crippen LogP contribution in [-0.4, -0.2) is 23.7 Å². The van der Waals surface area contributed by atoms with Crippen molar-refractivity contribution < 1.29 is 9.53 Å². The van der Waals surface area contributed by atoms with Gasteiger partial charge in [0.25, 0.3) is 0 Å². The first-order valence-corrected chi connectivity index (χ1v) is 10.0. The van der Waals surface area contributed by atoms with E-state index in [1.807, 2.05) is 13.0 Å². The van der Waals surface area contributed by atoms with Crippen molar-refractivity contribution in [3.8, 4) is 5.75 Å². The highest BCUT2D eigenvalue weighted by molar-refractivity contribution is 14.1. The summed E-state index contributed by atoms with van der Waals surface area (Å²) in [6.07, 6.45) is 2.42. The van der Waals surface area contributed by atoms with Gasteiger partial charge >= 0.3 is 0 Å². The van der Waals surface area contributed by atoms with Gasteiger partial charge in [-0.25, -0.2) is 5.01 Å². The Labute approximate surface area is 167 Å². The molecule has 0 saturated carbocycles. The summed E-state index contributed by atoms with van der Waals surface area (Å²) in [5.41, 5.74) is 4.62. The Morgan fingerprint density at radius 3 is 2.88 bits per heavy atom. The Bertz CT molecular complexity index is 893. The van der Waals surface area contributed by atoms with Crippen molar-refractivity contribution in [1.29, 1.82) is 0 Å². The van der Waals surface area contributed by atoms with E-state index >= 15 is 0 Å². The summed E-state index contributed by atoms with van der Waals surface area (Å²) < 4.78 is 6.55. The highest BCUT2D eigenvalue weighted by atomic mass is 127. The molecule has 0 bridgehead atoms. The van der Waals surface area contributed by atoms with Crippen LogP contribution in [0.2, 0.25) is 0 Å². The number of carbonyl (C=O) groups is 1. The number of methoxy groups -OCH3 is 1. The third-order valence-corrected chi connectivity index (χ3v) is 5.94. The second-order valence-corrected chi connectivity index (χ2v) is 7.99. The van der Waals surface area contributed by atoms with Gasteiger partial charge in [-0.15, -0.1) is 0 Å². The number of aryl methyl sites for hydroxylation is 1. The summed E-state index contributed by atoms with van der Waals surface area (Å²) in [5, 5.41) is 6.55. The smallest absolute Gasteiger partial charge is 0.242 e. The van der Waals surface area contributed by atoms with Crippen LogP contribution in [0.4, 0.5) is 0 Å². The van der Waals surface area contributed by atoms with Gasteiger partial charge in [0, 0.05) is 21.5 Å². The Balaban J connectivity index is 1.80. The van der Waals surface area contributed by atoms with Gasteiger partial charge in [-0.05, 0) is 76.9 Å². The molecule has 26 heavy (non-hydrogen) atoms. The van der Waals surface area contributed by atoms with Gasteiger partial charge in [-0.2, -0.15) is 5.10 Å². The number of carbonyl (C=O) groups excluding carboxylic acids is 1. The van der Waals surface area contributed by atoms with E-state index in [1.54, 1.807) is 12.1 Å². The molecule has 4 rings (SSSR count). The normalized spacial score (nSPS) is 21.0. The molecule has 2 aliphatic rings. The Morgan fingerprint density at radius 2 is 2.15 bits per heavy atom. The van der Waals surface area contributed by atoms with Gasteiger partial charge in [-0.1, -0.05) is 19.1 Å². The van der Waals surface area contributed by atoms with E-state index < -0.39 is 0 Å². The summed E-state index contributed by atoms with van der Waals surface area (Å²) in [6, 6.07) is 14.6. The van der Waals surface area contributed by atoms with E-state index in [0.29, 0.717) is 6.42 Å². The predicted octanol–water partition coefficient (Wildman–Crippen LogP) is 4.56. The third kappa shape index (κ3) is 2.92. The minimum absolute atomic E-state index is 0.0117. The quantitative estimate of drug-likeness (QED) is 0.631. The van der Waals surface area contributed by atoms with E-state index in [2.05, 4.69) is 59.0 Å². The lowest BCUT2D eigenvalue weighted by Crippen LogP contribution is -2.31. The van der Waals surface area contributed by atoms with Crippen molar-refractivity contribution in [1.82, 2.24) is 5.01 Å². The minimum atomic E-state index is -0.0117. The molecule has 0 saturated heterocycles. The zero-order chi connectivity index (χ0) is 18.3. The Hall–Kier alpha value is -1.89. The maximum atomic E-state index is 12.6. The highest BCUT2D eigenvalue weighted by Gasteiger charge is 2.43. The number of ether oxygens (including phenoxy) is 1. The van der Waals surface area contributed by atoms with Crippen molar-refractivity contribution in [2.75, 3.05) is 7.11 Å². The molecule has 0 N–H and O–H groups in total. The number of fused-ring (bicyclic) bond motifs is 3. The molecule has 1 aliphatic carbocycles. The second-order valence-electron chi connectivity index (χ2n) is 6.75. The van der Waals surface area contributed by atoms with E-state index in [0.717, 1.165) is 29.9 Å². The molecule has 4 nitrogen and oxygen atoms in total. The average Bonchev–Trinajstić information content (AvgIpc) is 3.06. The van der Waals surface area contributed by atoms with Crippen LogP contribution in [-0.2, 0) is 11.2 Å². The first-order valence-electron chi connectivity index (χ1n) is 8.95. The number of amides is 1. The van der Waals surface area contributed by atoms with Crippen LogP contribution in [0.15, 0.2) is 47.6 Å². The highest BCUT2D eigenvalue weighted by Crippen LogP contribution is 2.44. The molecule has 0 aromatic heterocycles. The van der Waals surface area contributed by atoms with Crippen molar-refractivity contribution in [3.05, 3.63) is 62.7 Å². The van der Waals surface area contributed by atoms with E-state index in [9.17, 15) is 4.79 Å². The molecule has 2 aromatic carbocycles. The van der Waals surface area contributed by atoms with E-state index in [1.165, 1.54) is 14.7 Å². The van der Waals surface area contributed by atoms with Gasteiger partial charge in [0.1, 0.15) is 5.75 Å². The summed E-state index contributed by atoms with van der Waals surface area (Å²) in [4.78, 5) is 12.6. The summed E-state index contributed by atoms with van der Waals surface area (Å²) in [6.45, 7) is 1.90. The SMILES string of the molecule is CCC(=O)N1N=C2c3ccc(OC)cc3CC[C@@H]2[C@@H]1c1cccc(I)c1. The van der Waals surface area contributed by atoms with Crippen molar-refractivity contribution >= 4 is 34.2 Å². The number of halogens is 1. The van der Waals surface area contributed by atoms with Gasteiger partial charge in [0.15, 0.2) is 0 Å². The number of nitrogens with zero attached hydrogens (tertiary/aromatic N) is 2. The zero-order valence-corrected chi connectivity index (χ0v) is 17.1. The largest absolute Gasteiger partial charge is 0.497 e. The second kappa shape index (κ2) is 7.02. The van der Waals surface area contributed by atoms with Gasteiger partial charge < -0.3 is 4.74 Å². The van der Waals surface area contributed by atoms with E-state index in [-0.39, 0.29) is 17.9 Å². The first-order chi connectivity index (χ1) is 12.6. The molecular weight excluding hydrogens is 439 g/mol. The fourth-order valence-electron chi connectivity index (χ4n) is 4.02. The monoisotopic (exact) mass is 460 g/mol. The molecule has 0 fully saturated rings. The fraction of sp³-hybridized carbons (Fsp3) is 0.333. The molecule has 0 unspecified atom stereocenters. The van der Waals surface area contributed by atoms with Gasteiger partial charge in [0.05, 0.1) is 18.9 Å². The number of hydrazone groups is 1. The van der Waals surface area contributed by atoms with Crippen molar-refractivity contribution in [2.45, 2.75) is 32.2 Å². The molecule has 2 atom stereocenters. The topological polar surface area (TPSA) is 41.9 Å². The fourth-order valence-corrected chi connectivity index (χ4v) is 4.59. The number of benzene rings is 2. The van der Waals surface area contributed by atoms with Crippen LogP contribution in [0.25, 0.3) is 0 Å². The standard InChI is InChI=1S/C21H21IN2O2/c1-3-19(25)24-21(14-5-4-6-15(22)11-14)18-9-7-13-12-16(26-2)8-10-17(13)20(18)23-24/h4-6,8,10-12,18,21H,3,7,9H2,1-2H3/t18-,21-/m0/s1. The molecule has 1 heterocycles. The molecule has 0 radical (unpaired) electrons. The average molecular weight is 460 g/mol. The number of rotatable bonds is 3. The van der Waals surface area contributed by atoms with Crippen LogP contribution < -0.4 is 4.74 Å². The maximum Gasteiger partial charge on any atom is 0.242 e. The summed E-state index contributed by atoms with van der Waals surface area (Å²) in [5.74, 6) is 1.19. The van der Waals surface area contributed by atoms with E-state index in [4.69, 9.17) is 9.84 Å². The predicted molar refractivity (Wildman–Crippen MR) is 110 cm³/mol. The van der Waals surface area contributed by atoms with Crippen LogP contribution in [0.1, 0.15) is 42.5 Å². The minimum Gasteiger partial charge on any atom is -0.497 e. The molecule has 1 amide bonds. The summed E-state index contributed by atoms with van der Waals surface area (Å²) in [7, 11) is 1.69. The van der Waals surface area contributed by atoms with Gasteiger partial charge in [0.2, 0.25) is 5.91 Å². The lowest BCUT2D eigenvalue weighted by molar-refractivity contribution is -0.133. The van der Waals surface area contributed by atoms with Crippen LogP contribution >= 0.6 is 22.6 Å².